The van der Waals surface area contributed by atoms with Gasteiger partial charge in [-0.25, -0.2) is 0 Å². The minimum atomic E-state index is 0. The van der Waals surface area contributed by atoms with Crippen LogP contribution in [-0.2, 0) is 20.1 Å². The molecule has 0 unspecified atom stereocenters. The van der Waals surface area contributed by atoms with Crippen LogP contribution >= 0.6 is 23.8 Å². The Labute approximate surface area is 180 Å². The molecule has 0 spiro atoms. The molecule has 0 N–H and O–H groups in total. The summed E-state index contributed by atoms with van der Waals surface area (Å²) in [4.78, 5) is 0. The summed E-state index contributed by atoms with van der Waals surface area (Å²) in [5.41, 5.74) is 0. The molecule has 0 saturated carbocycles. The van der Waals surface area contributed by atoms with Gasteiger partial charge in [0.1, 0.15) is 0 Å². The fourth-order valence-corrected chi connectivity index (χ4v) is 0.856. The van der Waals surface area contributed by atoms with Crippen molar-refractivity contribution in [3.8, 4) is 0 Å². The average molecular weight is 597 g/mol. The zero-order valence-electron chi connectivity index (χ0n) is 18.3. The number of halogens is 1. The van der Waals surface area contributed by atoms with Crippen LogP contribution in [-0.4, -0.2) is 60.0 Å². The smallest absolute Gasteiger partial charge is 1.00 e. The Balaban J connectivity index is -0.0000000323. The fraction of sp³-hybridized carbons (Fsp3) is 0.684. The Hall–Kier alpha value is 1.71. The molecule has 1 aliphatic rings. The molecule has 24 heavy (non-hydrogen) atoms. The van der Waals surface area contributed by atoms with Crippen molar-refractivity contribution >= 4 is 23.8 Å². The van der Waals surface area contributed by atoms with Crippen LogP contribution in [0.4, 0.5) is 0 Å². The van der Waals surface area contributed by atoms with Crippen LogP contribution in [0.1, 0.15) is 25.7 Å². The molecule has 0 aliphatic heterocycles. The molecular formula is C19H48ClIrP3+3. The topological polar surface area (TPSA) is 0 Å². The van der Waals surface area contributed by atoms with Gasteiger partial charge in [-0.3, -0.25) is 0 Å². The van der Waals surface area contributed by atoms with E-state index in [1.165, 1.54) is 25.7 Å². The molecule has 0 amide bonds. The van der Waals surface area contributed by atoms with Gasteiger partial charge in [-0.2, -0.15) is 0 Å². The molecule has 1 rings (SSSR count). The van der Waals surface area contributed by atoms with Crippen LogP contribution in [0.3, 0.4) is 0 Å². The minimum absolute atomic E-state index is 0. The van der Waals surface area contributed by atoms with E-state index in [4.69, 9.17) is 0 Å². The van der Waals surface area contributed by atoms with Crippen molar-refractivity contribution in [2.24, 2.45) is 0 Å². The van der Waals surface area contributed by atoms with E-state index in [-0.39, 0.29) is 71.1 Å². The van der Waals surface area contributed by atoms with Crippen molar-refractivity contribution in [3.05, 3.63) is 39.2 Å². The maximum absolute atomic E-state index is 2.27. The third-order valence-electron chi connectivity index (χ3n) is 1.33. The van der Waals surface area contributed by atoms with E-state index in [1.807, 2.05) is 0 Å². The molecule has 0 atom stereocenters. The largest absolute Gasteiger partial charge is 3.00 e. The van der Waals surface area contributed by atoms with Gasteiger partial charge in [0.2, 0.25) is 0 Å². The summed E-state index contributed by atoms with van der Waals surface area (Å²) >= 11 is 0. The van der Waals surface area contributed by atoms with E-state index in [9.17, 15) is 0 Å². The Morgan fingerprint density at radius 1 is 0.458 bits per heavy atom. The molecule has 0 radical (unpaired) electrons. The quantitative estimate of drug-likeness (QED) is 0.227. The number of allylic oxidation sites excluding steroid dienone is 4. The molecule has 0 saturated heterocycles. The molecule has 152 valence electrons. The standard InChI is InChI=1S/C8H12.3C3H9P.2CH3.ClH.Ir/c1-2-4-6-8-7-5-3-1;3*1-4(2)3;;;;/h1-2,7-8H,3-6H2;3*1-3H3;2*1H3;1H;/q;;;;2*-1;;+3/p+2/b2-1-,8-7-;;;;;;;. The second kappa shape index (κ2) is 39.7. The molecule has 0 nitrogen and oxygen atoms in total. The van der Waals surface area contributed by atoms with Gasteiger partial charge in [0, 0.05) is 60.0 Å². The van der Waals surface area contributed by atoms with Gasteiger partial charge in [0.25, 0.3) is 0 Å². The molecule has 5 heteroatoms. The predicted molar refractivity (Wildman–Crippen MR) is 128 cm³/mol. The van der Waals surface area contributed by atoms with E-state index in [0.717, 1.165) is 0 Å². The summed E-state index contributed by atoms with van der Waals surface area (Å²) in [7, 11) is 0.361. The number of hydrogen-bond acceptors (Lipinski definition) is 0. The normalized spacial score (nSPS) is 13.8. The van der Waals surface area contributed by atoms with Crippen LogP contribution in [0.25, 0.3) is 0 Å². The summed E-state index contributed by atoms with van der Waals surface area (Å²) in [6.45, 7) is 20.4. The van der Waals surface area contributed by atoms with Crippen LogP contribution in [0, 0.1) is 14.9 Å². The molecule has 0 aromatic carbocycles. The van der Waals surface area contributed by atoms with Crippen molar-refractivity contribution in [2.75, 3.05) is 60.0 Å². The first-order valence-corrected chi connectivity index (χ1v) is 16.8. The second-order valence-electron chi connectivity index (χ2n) is 6.60. The third kappa shape index (κ3) is 130. The van der Waals surface area contributed by atoms with Gasteiger partial charge in [-0.05, 0) is 49.4 Å². The Kier molecular flexibility index (Phi) is 74.1. The second-order valence-corrected chi connectivity index (χ2v) is 15.6. The number of rotatable bonds is 0. The molecule has 0 aromatic heterocycles. The van der Waals surface area contributed by atoms with Crippen LogP contribution < -0.4 is 12.4 Å². The number of hydrogen-bond donors (Lipinski definition) is 0. The molecular weight excluding hydrogens is 549 g/mol. The van der Waals surface area contributed by atoms with Crippen molar-refractivity contribution in [1.29, 1.82) is 0 Å². The van der Waals surface area contributed by atoms with Crippen LogP contribution in [0.5, 0.6) is 0 Å². The van der Waals surface area contributed by atoms with Gasteiger partial charge >= 0.3 is 20.1 Å². The van der Waals surface area contributed by atoms with Crippen molar-refractivity contribution in [2.45, 2.75) is 25.7 Å². The van der Waals surface area contributed by atoms with Crippen LogP contribution in [0.15, 0.2) is 24.3 Å². The van der Waals surface area contributed by atoms with Crippen LogP contribution in [0.2, 0.25) is 0 Å². The van der Waals surface area contributed by atoms with Crippen molar-refractivity contribution < 1.29 is 32.5 Å². The van der Waals surface area contributed by atoms with Gasteiger partial charge in [0.15, 0.2) is 0 Å². The van der Waals surface area contributed by atoms with Gasteiger partial charge < -0.3 is 27.3 Å². The maximum Gasteiger partial charge on any atom is 3.00 e. The SMILES string of the molecule is C1=C\CC/C=C\CC/1.C[PH+](C)C.C[PH+](C)C.C[PH+](C)C.[CH3-].[CH3-].[Cl-].[Ir+3]. The monoisotopic (exact) mass is 597 g/mol. The van der Waals surface area contributed by atoms with Crippen molar-refractivity contribution in [3.63, 3.8) is 0 Å². The molecule has 0 heterocycles. The zero-order chi connectivity index (χ0) is 16.4. The molecule has 0 aromatic rings. The first kappa shape index (κ1) is 44.8. The summed E-state index contributed by atoms with van der Waals surface area (Å²) in [5.74, 6) is 0. The van der Waals surface area contributed by atoms with Gasteiger partial charge in [-0.1, -0.05) is 24.3 Å². The first-order chi connectivity index (χ1) is 9.20. The van der Waals surface area contributed by atoms with Crippen molar-refractivity contribution in [1.82, 2.24) is 0 Å². The summed E-state index contributed by atoms with van der Waals surface area (Å²) < 4.78 is 0. The fourth-order valence-electron chi connectivity index (χ4n) is 0.856. The first-order valence-electron chi connectivity index (χ1n) is 7.80. The summed E-state index contributed by atoms with van der Waals surface area (Å²) in [6.07, 6.45) is 14.0. The van der Waals surface area contributed by atoms with E-state index in [2.05, 4.69) is 84.3 Å². The molecule has 0 bridgehead atoms. The average Bonchev–Trinajstić information content (AvgIpc) is 2.12. The Morgan fingerprint density at radius 3 is 0.625 bits per heavy atom. The third-order valence-corrected chi connectivity index (χ3v) is 1.33. The summed E-state index contributed by atoms with van der Waals surface area (Å²) in [5, 5.41) is 0. The summed E-state index contributed by atoms with van der Waals surface area (Å²) in [6, 6.07) is 0. The Bertz CT molecular complexity index is 170. The molecule has 1 aliphatic carbocycles. The van der Waals surface area contributed by atoms with Gasteiger partial charge in [-0.15, -0.1) is 0 Å². The Morgan fingerprint density at radius 2 is 0.542 bits per heavy atom. The predicted octanol–water partition coefficient (Wildman–Crippen LogP) is 3.84. The van der Waals surface area contributed by atoms with E-state index in [0.29, 0.717) is 0 Å². The van der Waals surface area contributed by atoms with Gasteiger partial charge in [0.05, 0.1) is 0 Å². The van der Waals surface area contributed by atoms with E-state index >= 15 is 0 Å². The zero-order valence-corrected chi connectivity index (χ0v) is 24.5. The van der Waals surface area contributed by atoms with E-state index < -0.39 is 0 Å². The molecule has 0 fully saturated rings. The minimum Gasteiger partial charge on any atom is -1.00 e. The maximum atomic E-state index is 2.27. The van der Waals surface area contributed by atoms with E-state index in [1.54, 1.807) is 0 Å².